The molecule has 0 aliphatic rings. The van der Waals surface area contributed by atoms with Crippen LogP contribution in [0.2, 0.25) is 0 Å². The lowest BCUT2D eigenvalue weighted by Gasteiger charge is -2.12. The number of rotatable bonds is 8. The average Bonchev–Trinajstić information content (AvgIpc) is 3.39. The number of amides is 1. The fourth-order valence-electron chi connectivity index (χ4n) is 3.90. The molecule has 2 aromatic carbocycles. The molecule has 4 aromatic rings. The van der Waals surface area contributed by atoms with Crippen molar-refractivity contribution in [2.45, 2.75) is 39.4 Å². The van der Waals surface area contributed by atoms with Crippen LogP contribution in [0.15, 0.2) is 65.7 Å². The summed E-state index contributed by atoms with van der Waals surface area (Å²) in [6, 6.07) is 14.5. The van der Waals surface area contributed by atoms with Gasteiger partial charge in [-0.05, 0) is 44.4 Å². The van der Waals surface area contributed by atoms with E-state index in [0.717, 1.165) is 33.8 Å². The maximum atomic E-state index is 12.7. The number of nitrogens with one attached hydrogen (secondary N) is 1. The predicted molar refractivity (Wildman–Crippen MR) is 144 cm³/mol. The van der Waals surface area contributed by atoms with Crippen molar-refractivity contribution < 1.29 is 4.79 Å². The highest BCUT2D eigenvalue weighted by Gasteiger charge is 2.21. The zero-order chi connectivity index (χ0) is 24.2. The van der Waals surface area contributed by atoms with Crippen LogP contribution in [0, 0.1) is 27.7 Å². The van der Waals surface area contributed by atoms with E-state index in [2.05, 4.69) is 65.6 Å². The van der Waals surface area contributed by atoms with Gasteiger partial charge in [0.2, 0.25) is 5.91 Å². The number of carbonyl (C=O) groups excluding carboxylic acids is 1. The third-order valence-electron chi connectivity index (χ3n) is 5.66. The predicted octanol–water partition coefficient (Wildman–Crippen LogP) is 6.82. The van der Waals surface area contributed by atoms with Crippen molar-refractivity contribution in [3.05, 3.63) is 82.1 Å². The summed E-state index contributed by atoms with van der Waals surface area (Å²) < 4.78 is 2.03. The lowest BCUT2D eigenvalue weighted by atomic mass is 10.0. The molecule has 7 heteroatoms. The quantitative estimate of drug-likeness (QED) is 0.218. The summed E-state index contributed by atoms with van der Waals surface area (Å²) in [7, 11) is 0. The molecule has 2 aromatic heterocycles. The van der Waals surface area contributed by atoms with Gasteiger partial charge in [0, 0.05) is 33.6 Å². The molecular formula is C27H28N4OS2. The third kappa shape index (κ3) is 5.00. The molecule has 0 radical (unpaired) electrons. The summed E-state index contributed by atoms with van der Waals surface area (Å²) in [6.45, 7) is 12.7. The molecule has 34 heavy (non-hydrogen) atoms. The van der Waals surface area contributed by atoms with E-state index < -0.39 is 0 Å². The van der Waals surface area contributed by atoms with Gasteiger partial charge in [0.1, 0.15) is 0 Å². The first-order chi connectivity index (χ1) is 16.4. The summed E-state index contributed by atoms with van der Waals surface area (Å²) in [4.78, 5) is 13.9. The fourth-order valence-corrected chi connectivity index (χ4v) is 5.52. The third-order valence-corrected chi connectivity index (χ3v) is 7.54. The van der Waals surface area contributed by atoms with E-state index in [1.807, 2.05) is 42.7 Å². The van der Waals surface area contributed by atoms with Crippen molar-refractivity contribution in [1.29, 1.82) is 0 Å². The number of thiophene rings is 1. The molecule has 5 nitrogen and oxygen atoms in total. The van der Waals surface area contributed by atoms with Gasteiger partial charge in [0.15, 0.2) is 11.0 Å². The van der Waals surface area contributed by atoms with Crippen molar-refractivity contribution >= 4 is 34.7 Å². The molecule has 1 N–H and O–H groups in total. The first-order valence-corrected chi connectivity index (χ1v) is 12.9. The number of benzene rings is 2. The second kappa shape index (κ2) is 10.4. The number of hydrogen-bond acceptors (Lipinski definition) is 5. The van der Waals surface area contributed by atoms with Crippen molar-refractivity contribution in [3.63, 3.8) is 0 Å². The number of para-hydroxylation sites is 1. The molecule has 174 valence electrons. The van der Waals surface area contributed by atoms with E-state index in [4.69, 9.17) is 0 Å². The number of hydrogen-bond donors (Lipinski definition) is 1. The Kier molecular flexibility index (Phi) is 7.34. The van der Waals surface area contributed by atoms with Crippen LogP contribution in [0.25, 0.3) is 22.5 Å². The number of anilines is 1. The van der Waals surface area contributed by atoms with Gasteiger partial charge >= 0.3 is 0 Å². The maximum absolute atomic E-state index is 12.7. The van der Waals surface area contributed by atoms with E-state index in [1.165, 1.54) is 27.8 Å². The standard InChI is InChI=1S/C27H28N4OS2/c1-6-14-31-26(22-15-33-20(5)24(22)21-12-10-17(2)11-13-21)29-30-27(31)34-16-23(32)28-25-18(3)8-7-9-19(25)4/h6-13,15H,1,14,16H2,2-5H3,(H,28,32). The minimum Gasteiger partial charge on any atom is -0.325 e. The number of allylic oxidation sites excluding steroid dienone is 1. The van der Waals surface area contributed by atoms with E-state index in [-0.39, 0.29) is 11.7 Å². The Morgan fingerprint density at radius 2 is 1.79 bits per heavy atom. The van der Waals surface area contributed by atoms with Crippen molar-refractivity contribution in [1.82, 2.24) is 14.8 Å². The Labute approximate surface area is 208 Å². The van der Waals surface area contributed by atoms with Crippen LogP contribution in [0.1, 0.15) is 21.6 Å². The topological polar surface area (TPSA) is 59.8 Å². The first kappa shape index (κ1) is 24.0. The van der Waals surface area contributed by atoms with Gasteiger partial charge in [-0.3, -0.25) is 9.36 Å². The number of aromatic nitrogens is 3. The average molecular weight is 489 g/mol. The maximum Gasteiger partial charge on any atom is 0.234 e. The molecule has 4 rings (SSSR count). The zero-order valence-electron chi connectivity index (χ0n) is 19.9. The Morgan fingerprint density at radius 1 is 1.09 bits per heavy atom. The lowest BCUT2D eigenvalue weighted by Crippen LogP contribution is -2.16. The van der Waals surface area contributed by atoms with Gasteiger partial charge in [-0.15, -0.1) is 28.1 Å². The second-order valence-electron chi connectivity index (χ2n) is 8.26. The van der Waals surface area contributed by atoms with E-state index in [9.17, 15) is 4.79 Å². The van der Waals surface area contributed by atoms with Crippen LogP contribution in [-0.2, 0) is 11.3 Å². The number of aryl methyl sites for hydroxylation is 4. The molecule has 0 aliphatic heterocycles. The Bertz CT molecular complexity index is 1320. The van der Waals surface area contributed by atoms with Crippen LogP contribution >= 0.6 is 23.1 Å². The number of carbonyl (C=O) groups is 1. The van der Waals surface area contributed by atoms with Gasteiger partial charge in [-0.1, -0.05) is 65.9 Å². The van der Waals surface area contributed by atoms with Crippen LogP contribution < -0.4 is 5.32 Å². The van der Waals surface area contributed by atoms with Gasteiger partial charge in [0.05, 0.1) is 5.75 Å². The van der Waals surface area contributed by atoms with Crippen molar-refractivity contribution in [3.8, 4) is 22.5 Å². The molecule has 0 saturated carbocycles. The summed E-state index contributed by atoms with van der Waals surface area (Å²) >= 11 is 3.09. The van der Waals surface area contributed by atoms with Gasteiger partial charge in [0.25, 0.3) is 0 Å². The Balaban J connectivity index is 1.59. The van der Waals surface area contributed by atoms with Crippen LogP contribution in [0.4, 0.5) is 5.69 Å². The Hall–Kier alpha value is -3.16. The molecule has 1 amide bonds. The highest BCUT2D eigenvalue weighted by atomic mass is 32.2. The summed E-state index contributed by atoms with van der Waals surface area (Å²) in [6.07, 6.45) is 1.83. The minimum absolute atomic E-state index is 0.0659. The minimum atomic E-state index is -0.0659. The largest absolute Gasteiger partial charge is 0.325 e. The number of thioether (sulfide) groups is 1. The summed E-state index contributed by atoms with van der Waals surface area (Å²) in [5.74, 6) is 0.970. The van der Waals surface area contributed by atoms with E-state index in [1.54, 1.807) is 11.3 Å². The van der Waals surface area contributed by atoms with Crippen molar-refractivity contribution in [2.75, 3.05) is 11.1 Å². The molecular weight excluding hydrogens is 460 g/mol. The van der Waals surface area contributed by atoms with Gasteiger partial charge in [-0.25, -0.2) is 0 Å². The monoisotopic (exact) mass is 488 g/mol. The zero-order valence-corrected chi connectivity index (χ0v) is 21.5. The summed E-state index contributed by atoms with van der Waals surface area (Å²) in [5.41, 5.74) is 7.58. The molecule has 0 saturated heterocycles. The molecule has 0 bridgehead atoms. The van der Waals surface area contributed by atoms with Crippen LogP contribution in [0.5, 0.6) is 0 Å². The van der Waals surface area contributed by atoms with Gasteiger partial charge in [-0.2, -0.15) is 0 Å². The van der Waals surface area contributed by atoms with Gasteiger partial charge < -0.3 is 5.32 Å². The molecule has 0 aliphatic carbocycles. The SMILES string of the molecule is C=CCn1c(SCC(=O)Nc2c(C)cccc2C)nnc1-c1csc(C)c1-c1ccc(C)cc1. The molecule has 2 heterocycles. The molecule has 0 spiro atoms. The second-order valence-corrected chi connectivity index (χ2v) is 10.3. The molecule has 0 fully saturated rings. The normalized spacial score (nSPS) is 10.9. The summed E-state index contributed by atoms with van der Waals surface area (Å²) in [5, 5.41) is 14.8. The Morgan fingerprint density at radius 3 is 2.47 bits per heavy atom. The highest BCUT2D eigenvalue weighted by Crippen LogP contribution is 2.39. The fraction of sp³-hybridized carbons (Fsp3) is 0.222. The smallest absolute Gasteiger partial charge is 0.234 e. The lowest BCUT2D eigenvalue weighted by molar-refractivity contribution is -0.113. The van der Waals surface area contributed by atoms with E-state index in [0.29, 0.717) is 11.7 Å². The van der Waals surface area contributed by atoms with Crippen LogP contribution in [-0.4, -0.2) is 26.4 Å². The van der Waals surface area contributed by atoms with Crippen LogP contribution in [0.3, 0.4) is 0 Å². The highest BCUT2D eigenvalue weighted by molar-refractivity contribution is 7.99. The van der Waals surface area contributed by atoms with Crippen molar-refractivity contribution in [2.24, 2.45) is 0 Å². The molecule has 0 unspecified atom stereocenters. The molecule has 0 atom stereocenters. The first-order valence-electron chi connectivity index (χ1n) is 11.1. The van der Waals surface area contributed by atoms with E-state index >= 15 is 0 Å². The number of nitrogens with zero attached hydrogens (tertiary/aromatic N) is 3.